The van der Waals surface area contributed by atoms with Crippen molar-refractivity contribution in [1.82, 2.24) is 24.8 Å². The van der Waals surface area contributed by atoms with Gasteiger partial charge in [0.25, 0.3) is 18.2 Å². The first-order valence-electron chi connectivity index (χ1n) is 11.3. The summed E-state index contributed by atoms with van der Waals surface area (Å²) in [6.07, 6.45) is 1.20. The number of alkyl halides is 2. The number of hydrogen-bond donors (Lipinski definition) is 1. The SMILES string of the molecule is COc1cnc(Cl)cc1-c1cc(C)ncc1C(=O)Nc1nc2c(s1)CN(C(=O)c1cnc(C(F)F)cc1Cl)C2. The molecule has 4 aromatic rings. The summed E-state index contributed by atoms with van der Waals surface area (Å²) < 4.78 is 31.1. The molecular formula is C25H18Cl2F2N6O3S. The molecule has 0 saturated heterocycles. The number of nitrogens with one attached hydrogen (secondary N) is 1. The molecule has 0 spiro atoms. The van der Waals surface area contributed by atoms with Gasteiger partial charge in [0.15, 0.2) is 5.13 Å². The molecule has 0 atom stereocenters. The van der Waals surface area contributed by atoms with E-state index in [0.29, 0.717) is 33.4 Å². The lowest BCUT2D eigenvalue weighted by molar-refractivity contribution is 0.0749. The second-order valence-corrected chi connectivity index (χ2v) is 10.4. The van der Waals surface area contributed by atoms with Crippen molar-refractivity contribution in [3.63, 3.8) is 0 Å². The van der Waals surface area contributed by atoms with Crippen LogP contribution in [0.1, 0.15) is 49.1 Å². The zero-order valence-corrected chi connectivity index (χ0v) is 22.7. The van der Waals surface area contributed by atoms with Crippen molar-refractivity contribution in [2.45, 2.75) is 26.4 Å². The first-order chi connectivity index (χ1) is 18.6. The van der Waals surface area contributed by atoms with E-state index < -0.39 is 23.9 Å². The maximum atomic E-state index is 13.3. The molecule has 0 unspecified atom stereocenters. The lowest BCUT2D eigenvalue weighted by atomic mass is 10.0. The number of ether oxygens (including phenoxy) is 1. The van der Waals surface area contributed by atoms with Crippen LogP contribution in [0.5, 0.6) is 5.75 Å². The molecular weight excluding hydrogens is 573 g/mol. The summed E-state index contributed by atoms with van der Waals surface area (Å²) in [5.41, 5.74) is 2.24. The summed E-state index contributed by atoms with van der Waals surface area (Å²) in [6.45, 7) is 2.19. The third-order valence-electron chi connectivity index (χ3n) is 5.92. The molecule has 5 heterocycles. The van der Waals surface area contributed by atoms with Crippen LogP contribution in [0.25, 0.3) is 11.1 Å². The fourth-order valence-corrected chi connectivity index (χ4v) is 5.43. The molecule has 0 bridgehead atoms. The fraction of sp³-hybridized carbons (Fsp3) is 0.200. The first kappa shape index (κ1) is 26.9. The number of thiazole rings is 1. The van der Waals surface area contributed by atoms with Crippen LogP contribution in [0.15, 0.2) is 36.8 Å². The number of anilines is 1. The highest BCUT2D eigenvalue weighted by molar-refractivity contribution is 7.16. The van der Waals surface area contributed by atoms with Crippen molar-refractivity contribution < 1.29 is 23.1 Å². The number of rotatable bonds is 6. The molecule has 14 heteroatoms. The third kappa shape index (κ3) is 5.40. The molecule has 2 amide bonds. The van der Waals surface area contributed by atoms with Crippen LogP contribution in [0.3, 0.4) is 0 Å². The van der Waals surface area contributed by atoms with Gasteiger partial charge in [-0.2, -0.15) is 0 Å². The van der Waals surface area contributed by atoms with Crippen molar-refractivity contribution in [2.24, 2.45) is 0 Å². The van der Waals surface area contributed by atoms with Gasteiger partial charge >= 0.3 is 0 Å². The van der Waals surface area contributed by atoms with Gasteiger partial charge in [0.1, 0.15) is 16.6 Å². The summed E-state index contributed by atoms with van der Waals surface area (Å²) in [5, 5.41) is 3.29. The fourth-order valence-electron chi connectivity index (χ4n) is 4.05. The number of methoxy groups -OCH3 is 1. The van der Waals surface area contributed by atoms with Crippen molar-refractivity contribution in [1.29, 1.82) is 0 Å². The van der Waals surface area contributed by atoms with E-state index in [0.717, 1.165) is 17.1 Å². The molecule has 0 saturated carbocycles. The Hall–Kier alpha value is -3.74. The highest BCUT2D eigenvalue weighted by Crippen LogP contribution is 2.36. The summed E-state index contributed by atoms with van der Waals surface area (Å²) in [7, 11) is 1.50. The molecule has 1 aliphatic rings. The van der Waals surface area contributed by atoms with E-state index >= 15 is 0 Å². The number of halogens is 4. The summed E-state index contributed by atoms with van der Waals surface area (Å²) in [5.74, 6) is -0.453. The van der Waals surface area contributed by atoms with E-state index in [1.807, 2.05) is 0 Å². The normalized spacial score (nSPS) is 12.5. The highest BCUT2D eigenvalue weighted by atomic mass is 35.5. The number of carbonyl (C=O) groups excluding carboxylic acids is 2. The molecule has 0 fully saturated rings. The van der Waals surface area contributed by atoms with Crippen LogP contribution < -0.4 is 10.1 Å². The van der Waals surface area contributed by atoms with Gasteiger partial charge in [-0.1, -0.05) is 34.5 Å². The number of hydrogen-bond acceptors (Lipinski definition) is 8. The number of fused-ring (bicyclic) bond motifs is 1. The zero-order chi connectivity index (χ0) is 27.8. The number of carbonyl (C=O) groups is 2. The van der Waals surface area contributed by atoms with Crippen LogP contribution in [0.4, 0.5) is 13.9 Å². The van der Waals surface area contributed by atoms with Crippen LogP contribution >= 0.6 is 34.5 Å². The Morgan fingerprint density at radius 1 is 1.05 bits per heavy atom. The number of nitrogens with zero attached hydrogens (tertiary/aromatic N) is 5. The number of aromatic nitrogens is 4. The molecule has 4 aromatic heterocycles. The highest BCUT2D eigenvalue weighted by Gasteiger charge is 2.30. The summed E-state index contributed by atoms with van der Waals surface area (Å²) >= 11 is 13.4. The van der Waals surface area contributed by atoms with E-state index in [2.05, 4.69) is 25.3 Å². The average Bonchev–Trinajstić information content (AvgIpc) is 3.47. The van der Waals surface area contributed by atoms with Crippen molar-refractivity contribution >= 4 is 51.5 Å². The van der Waals surface area contributed by atoms with Gasteiger partial charge in [0.05, 0.1) is 53.1 Å². The van der Waals surface area contributed by atoms with Crippen LogP contribution in [0, 0.1) is 6.92 Å². The molecule has 0 aromatic carbocycles. The van der Waals surface area contributed by atoms with Crippen molar-refractivity contribution in [3.05, 3.63) is 80.1 Å². The molecule has 0 aliphatic carbocycles. The minimum absolute atomic E-state index is 0.0239. The Labute approximate surface area is 234 Å². The molecule has 39 heavy (non-hydrogen) atoms. The Kier molecular flexibility index (Phi) is 7.43. The van der Waals surface area contributed by atoms with Gasteiger partial charge in [-0.25, -0.2) is 18.7 Å². The van der Waals surface area contributed by atoms with Crippen LogP contribution in [-0.4, -0.2) is 43.8 Å². The molecule has 1 aliphatic heterocycles. The number of amides is 2. The van der Waals surface area contributed by atoms with Gasteiger partial charge < -0.3 is 9.64 Å². The second-order valence-electron chi connectivity index (χ2n) is 8.47. The molecule has 5 rings (SSSR count). The minimum atomic E-state index is -2.79. The largest absolute Gasteiger partial charge is 0.494 e. The number of pyridine rings is 3. The Morgan fingerprint density at radius 2 is 1.82 bits per heavy atom. The standard InChI is InChI=1S/C25H18Cl2F2N6O3S/c1-11-3-12(13-4-21(27)32-8-19(13)38-2)14(6-30-11)23(36)34-25-33-18-9-35(10-20(18)39-25)24(37)15-7-31-17(22(28)29)5-16(15)26/h3-8,22H,9-10H2,1-2H3,(H,33,34,36). The van der Waals surface area contributed by atoms with E-state index in [4.69, 9.17) is 27.9 Å². The van der Waals surface area contributed by atoms with Gasteiger partial charge in [0, 0.05) is 29.2 Å². The molecule has 0 radical (unpaired) electrons. The molecule has 9 nitrogen and oxygen atoms in total. The van der Waals surface area contributed by atoms with Crippen LogP contribution in [-0.2, 0) is 13.1 Å². The predicted molar refractivity (Wildman–Crippen MR) is 142 cm³/mol. The quantitative estimate of drug-likeness (QED) is 0.276. The monoisotopic (exact) mass is 590 g/mol. The van der Waals surface area contributed by atoms with Crippen molar-refractivity contribution in [2.75, 3.05) is 12.4 Å². The average molecular weight is 591 g/mol. The lowest BCUT2D eigenvalue weighted by Gasteiger charge is -2.16. The van der Waals surface area contributed by atoms with Gasteiger partial charge in [-0.15, -0.1) is 0 Å². The minimum Gasteiger partial charge on any atom is -0.494 e. The second kappa shape index (κ2) is 10.8. The maximum Gasteiger partial charge on any atom is 0.280 e. The van der Waals surface area contributed by atoms with Crippen molar-refractivity contribution in [3.8, 4) is 16.9 Å². The predicted octanol–water partition coefficient (Wildman–Crippen LogP) is 5.96. The van der Waals surface area contributed by atoms with E-state index in [1.165, 1.54) is 35.7 Å². The first-order valence-corrected chi connectivity index (χ1v) is 12.9. The van der Waals surface area contributed by atoms with E-state index in [1.54, 1.807) is 19.1 Å². The molecule has 1 N–H and O–H groups in total. The van der Waals surface area contributed by atoms with Gasteiger partial charge in [0.2, 0.25) is 0 Å². The Morgan fingerprint density at radius 3 is 2.51 bits per heavy atom. The smallest absolute Gasteiger partial charge is 0.280 e. The summed E-state index contributed by atoms with van der Waals surface area (Å²) in [4.78, 5) is 44.9. The maximum absolute atomic E-state index is 13.3. The zero-order valence-electron chi connectivity index (χ0n) is 20.3. The molecule has 200 valence electrons. The Bertz CT molecular complexity index is 1590. The number of aryl methyl sites for hydroxylation is 1. The van der Waals surface area contributed by atoms with Crippen LogP contribution in [0.2, 0.25) is 10.2 Å². The third-order valence-corrected chi connectivity index (χ3v) is 7.44. The van der Waals surface area contributed by atoms with E-state index in [-0.39, 0.29) is 34.4 Å². The van der Waals surface area contributed by atoms with E-state index in [9.17, 15) is 18.4 Å². The summed E-state index contributed by atoms with van der Waals surface area (Å²) in [6, 6.07) is 4.35. The Balaban J connectivity index is 1.34. The lowest BCUT2D eigenvalue weighted by Crippen LogP contribution is -2.26. The topological polar surface area (TPSA) is 110 Å². The van der Waals surface area contributed by atoms with Gasteiger partial charge in [-0.3, -0.25) is 24.9 Å². The van der Waals surface area contributed by atoms with Gasteiger partial charge in [-0.05, 0) is 25.1 Å².